The van der Waals surface area contributed by atoms with E-state index < -0.39 is 6.17 Å². The molecule has 11 heteroatoms. The van der Waals surface area contributed by atoms with Gasteiger partial charge in [0.05, 0.1) is 24.9 Å². The van der Waals surface area contributed by atoms with Gasteiger partial charge in [-0.2, -0.15) is 4.98 Å². The number of alkyl halides is 1. The van der Waals surface area contributed by atoms with E-state index in [1.165, 1.54) is 0 Å². The highest BCUT2D eigenvalue weighted by molar-refractivity contribution is 5.85. The molecule has 2 atom stereocenters. The summed E-state index contributed by atoms with van der Waals surface area (Å²) in [5.74, 6) is 1.68. The molecule has 2 aromatic rings. The van der Waals surface area contributed by atoms with Crippen LogP contribution in [0.3, 0.4) is 0 Å². The van der Waals surface area contributed by atoms with Gasteiger partial charge in [0.2, 0.25) is 11.9 Å². The van der Waals surface area contributed by atoms with Gasteiger partial charge >= 0.3 is 0 Å². The fraction of sp³-hybridized carbons (Fsp3) is 0.556. The molecule has 5 heterocycles. The third kappa shape index (κ3) is 3.67. The molecule has 156 valence electrons. The number of nitrogens with two attached hydrogens (primary N) is 1. The maximum atomic E-state index is 14.4. The third-order valence-electron chi connectivity index (χ3n) is 5.60. The first-order valence-corrected chi connectivity index (χ1v) is 9.63. The van der Waals surface area contributed by atoms with Crippen LogP contribution in [0.25, 0.3) is 11.3 Å². The van der Waals surface area contributed by atoms with Crippen LogP contribution in [0.1, 0.15) is 5.56 Å². The summed E-state index contributed by atoms with van der Waals surface area (Å²) < 4.78 is 19.9. The van der Waals surface area contributed by atoms with E-state index in [2.05, 4.69) is 25.1 Å². The van der Waals surface area contributed by atoms with Crippen LogP contribution in [0.4, 0.5) is 22.1 Å². The van der Waals surface area contributed by atoms with Crippen LogP contribution >= 0.6 is 12.4 Å². The van der Waals surface area contributed by atoms with Crippen LogP contribution in [0.2, 0.25) is 0 Å². The monoisotopic (exact) mass is 422 g/mol. The minimum Gasteiger partial charge on any atom is -0.378 e. The molecule has 0 bridgehead atoms. The number of ether oxygens (including phenoxy) is 1. The minimum absolute atomic E-state index is 0. The molecule has 3 aliphatic rings. The second kappa shape index (κ2) is 8.21. The zero-order valence-electron chi connectivity index (χ0n) is 15.9. The molecule has 2 aromatic heterocycles. The predicted molar refractivity (Wildman–Crippen MR) is 110 cm³/mol. The highest BCUT2D eigenvalue weighted by Gasteiger charge is 2.38. The average Bonchev–Trinajstić information content (AvgIpc) is 3.34. The summed E-state index contributed by atoms with van der Waals surface area (Å²) in [5.41, 5.74) is 8.27. The van der Waals surface area contributed by atoms with Crippen molar-refractivity contribution in [3.8, 4) is 11.3 Å². The maximum Gasteiger partial charge on any atom is 0.228 e. The Morgan fingerprint density at radius 2 is 1.86 bits per heavy atom. The second-order valence-electron chi connectivity index (χ2n) is 7.29. The maximum absolute atomic E-state index is 14.4. The molecular weight excluding hydrogens is 399 g/mol. The molecule has 0 aromatic carbocycles. The zero-order valence-corrected chi connectivity index (χ0v) is 16.7. The van der Waals surface area contributed by atoms with Crippen LogP contribution in [0.5, 0.6) is 0 Å². The van der Waals surface area contributed by atoms with E-state index in [0.29, 0.717) is 32.3 Å². The molecule has 0 aliphatic carbocycles. The fourth-order valence-corrected chi connectivity index (χ4v) is 4.13. The number of nitrogen functional groups attached to an aromatic ring is 1. The SMILES string of the molecule is Cl.Nc1ncc(-c2nc(N3CCOCC3)nc3c2CCN3[C@@H]2CNC[C@H]2F)cn1. The van der Waals surface area contributed by atoms with Crippen molar-refractivity contribution in [2.24, 2.45) is 0 Å². The summed E-state index contributed by atoms with van der Waals surface area (Å²) in [7, 11) is 0. The first kappa shape index (κ1) is 20.0. The van der Waals surface area contributed by atoms with Crippen molar-refractivity contribution in [1.29, 1.82) is 0 Å². The molecule has 3 aliphatic heterocycles. The number of rotatable bonds is 3. The van der Waals surface area contributed by atoms with E-state index >= 15 is 0 Å². The number of halogens is 2. The molecule has 2 saturated heterocycles. The number of nitrogens with zero attached hydrogens (tertiary/aromatic N) is 6. The topological polar surface area (TPSA) is 105 Å². The highest BCUT2D eigenvalue weighted by atomic mass is 35.5. The highest BCUT2D eigenvalue weighted by Crippen LogP contribution is 2.37. The first-order chi connectivity index (χ1) is 13.7. The van der Waals surface area contributed by atoms with Crippen LogP contribution in [0, 0.1) is 0 Å². The van der Waals surface area contributed by atoms with Crippen molar-refractivity contribution in [2.75, 3.05) is 61.5 Å². The largest absolute Gasteiger partial charge is 0.378 e. The lowest BCUT2D eigenvalue weighted by molar-refractivity contribution is 0.122. The molecular formula is C18H24ClFN8O. The Labute approximate surface area is 174 Å². The van der Waals surface area contributed by atoms with Crippen LogP contribution in [-0.2, 0) is 11.2 Å². The lowest BCUT2D eigenvalue weighted by Crippen LogP contribution is -2.42. The standard InChI is InChI=1S/C18H23FN8O.ClH/c19-13-9-21-10-14(13)27-2-1-12-15(11-7-22-17(20)23-8-11)24-18(25-16(12)27)26-3-5-28-6-4-26;/h7-8,13-14,21H,1-6,9-10H2,(H2,20,22,23);1H/t13-,14-;/m1./s1. The van der Waals surface area contributed by atoms with Crippen LogP contribution in [-0.4, -0.2) is 78.1 Å². The van der Waals surface area contributed by atoms with Gasteiger partial charge in [0.1, 0.15) is 12.0 Å². The van der Waals surface area contributed by atoms with Gasteiger partial charge in [0, 0.05) is 56.2 Å². The summed E-state index contributed by atoms with van der Waals surface area (Å²) in [5, 5.41) is 3.14. The van der Waals surface area contributed by atoms with Gasteiger partial charge in [-0.25, -0.2) is 19.3 Å². The van der Waals surface area contributed by atoms with Crippen LogP contribution < -0.4 is 20.9 Å². The Morgan fingerprint density at radius 3 is 2.55 bits per heavy atom. The lowest BCUT2D eigenvalue weighted by atomic mass is 10.1. The molecule has 5 rings (SSSR count). The number of nitrogens with one attached hydrogen (secondary N) is 1. The van der Waals surface area contributed by atoms with Crippen molar-refractivity contribution in [3.05, 3.63) is 18.0 Å². The third-order valence-corrected chi connectivity index (χ3v) is 5.60. The van der Waals surface area contributed by atoms with Crippen molar-refractivity contribution >= 4 is 30.1 Å². The average molecular weight is 423 g/mol. The summed E-state index contributed by atoms with van der Waals surface area (Å²) in [4.78, 5) is 22.2. The fourth-order valence-electron chi connectivity index (χ4n) is 4.13. The molecule has 9 nitrogen and oxygen atoms in total. The van der Waals surface area contributed by atoms with Crippen molar-refractivity contribution in [3.63, 3.8) is 0 Å². The van der Waals surface area contributed by atoms with E-state index in [1.54, 1.807) is 12.4 Å². The number of hydrogen-bond acceptors (Lipinski definition) is 9. The van der Waals surface area contributed by atoms with Gasteiger partial charge in [-0.15, -0.1) is 12.4 Å². The van der Waals surface area contributed by atoms with Crippen molar-refractivity contribution in [2.45, 2.75) is 18.6 Å². The van der Waals surface area contributed by atoms with Crippen molar-refractivity contribution < 1.29 is 9.13 Å². The molecule has 3 N–H and O–H groups in total. The van der Waals surface area contributed by atoms with E-state index in [4.69, 9.17) is 20.4 Å². The second-order valence-corrected chi connectivity index (χ2v) is 7.29. The Hall–Kier alpha value is -2.30. The number of fused-ring (bicyclic) bond motifs is 1. The van der Waals surface area contributed by atoms with E-state index in [9.17, 15) is 4.39 Å². The summed E-state index contributed by atoms with van der Waals surface area (Å²) in [6.07, 6.45) is 3.23. The first-order valence-electron chi connectivity index (χ1n) is 9.63. The van der Waals surface area contributed by atoms with Crippen LogP contribution in [0.15, 0.2) is 12.4 Å². The summed E-state index contributed by atoms with van der Waals surface area (Å²) >= 11 is 0. The molecule has 29 heavy (non-hydrogen) atoms. The number of hydrogen-bond donors (Lipinski definition) is 2. The molecule has 0 unspecified atom stereocenters. The smallest absolute Gasteiger partial charge is 0.228 e. The minimum atomic E-state index is -0.906. The zero-order chi connectivity index (χ0) is 19.1. The molecule has 0 radical (unpaired) electrons. The molecule has 0 saturated carbocycles. The van der Waals surface area contributed by atoms with Gasteiger partial charge in [-0.05, 0) is 6.42 Å². The molecule has 0 spiro atoms. The lowest BCUT2D eigenvalue weighted by Gasteiger charge is -2.30. The Bertz CT molecular complexity index is 864. The molecule has 2 fully saturated rings. The normalized spacial score (nSPS) is 23.8. The summed E-state index contributed by atoms with van der Waals surface area (Å²) in [6, 6.07) is -0.204. The van der Waals surface area contributed by atoms with Gasteiger partial charge < -0.3 is 25.6 Å². The van der Waals surface area contributed by atoms with Gasteiger partial charge in [-0.3, -0.25) is 0 Å². The van der Waals surface area contributed by atoms with Gasteiger partial charge in [-0.1, -0.05) is 0 Å². The Balaban J connectivity index is 0.00000205. The van der Waals surface area contributed by atoms with E-state index in [-0.39, 0.29) is 24.4 Å². The molecule has 0 amide bonds. The van der Waals surface area contributed by atoms with Gasteiger partial charge in [0.15, 0.2) is 0 Å². The predicted octanol–water partition coefficient (Wildman–Crippen LogP) is 0.447. The van der Waals surface area contributed by atoms with E-state index in [1.807, 2.05) is 0 Å². The van der Waals surface area contributed by atoms with E-state index in [0.717, 1.165) is 48.7 Å². The quantitative estimate of drug-likeness (QED) is 0.729. The van der Waals surface area contributed by atoms with Gasteiger partial charge in [0.25, 0.3) is 0 Å². The number of anilines is 3. The van der Waals surface area contributed by atoms with Crippen molar-refractivity contribution in [1.82, 2.24) is 25.3 Å². The summed E-state index contributed by atoms with van der Waals surface area (Å²) in [6.45, 7) is 4.48. The Kier molecular flexibility index (Phi) is 5.66. The Morgan fingerprint density at radius 1 is 1.10 bits per heavy atom. The number of morpholine rings is 1. The number of aromatic nitrogens is 4.